The van der Waals surface area contributed by atoms with Gasteiger partial charge in [0, 0.05) is 10.6 Å². The van der Waals surface area contributed by atoms with E-state index >= 15 is 0 Å². The Kier molecular flexibility index (Phi) is 4.86. The number of nitriles is 1. The van der Waals surface area contributed by atoms with E-state index in [0.29, 0.717) is 22.1 Å². The highest BCUT2D eigenvalue weighted by atomic mass is 35.5. The highest BCUT2D eigenvalue weighted by Gasteiger charge is 2.09. The molecule has 0 heterocycles. The molecular weight excluding hydrogens is 286 g/mol. The van der Waals surface area contributed by atoms with Gasteiger partial charge in [-0.2, -0.15) is 5.26 Å². The lowest BCUT2D eigenvalue weighted by atomic mass is 10.0. The predicted octanol–water partition coefficient (Wildman–Crippen LogP) is 4.42. The molecule has 21 heavy (non-hydrogen) atoms. The zero-order valence-corrected chi connectivity index (χ0v) is 12.5. The van der Waals surface area contributed by atoms with Crippen molar-refractivity contribution in [2.75, 3.05) is 14.2 Å². The van der Waals surface area contributed by atoms with Crippen molar-refractivity contribution < 1.29 is 9.47 Å². The average molecular weight is 300 g/mol. The van der Waals surface area contributed by atoms with Crippen molar-refractivity contribution in [2.24, 2.45) is 0 Å². The molecule has 0 fully saturated rings. The van der Waals surface area contributed by atoms with Crippen LogP contribution in [-0.4, -0.2) is 14.2 Å². The molecule has 0 unspecified atom stereocenters. The SMILES string of the molecule is COc1cccc(/C=C(/C#N)c2ccc(Cl)cc2)c1OC. The molecule has 0 spiro atoms. The van der Waals surface area contributed by atoms with Crippen molar-refractivity contribution in [3.05, 3.63) is 58.6 Å². The number of hydrogen-bond donors (Lipinski definition) is 0. The van der Waals surface area contributed by atoms with Gasteiger partial charge in [0.25, 0.3) is 0 Å². The number of benzene rings is 2. The molecular formula is C17H14ClNO2. The van der Waals surface area contributed by atoms with Gasteiger partial charge >= 0.3 is 0 Å². The van der Waals surface area contributed by atoms with E-state index in [0.717, 1.165) is 11.1 Å². The molecule has 2 rings (SSSR count). The smallest absolute Gasteiger partial charge is 0.167 e. The summed E-state index contributed by atoms with van der Waals surface area (Å²) in [5.74, 6) is 1.22. The third-order valence-electron chi connectivity index (χ3n) is 3.01. The average Bonchev–Trinajstić information content (AvgIpc) is 2.53. The molecule has 106 valence electrons. The standard InChI is InChI=1S/C17H14ClNO2/c1-20-16-5-3-4-13(17(16)21-2)10-14(11-19)12-6-8-15(18)9-7-12/h3-10H,1-2H3/b14-10-. The van der Waals surface area contributed by atoms with Crippen LogP contribution in [0, 0.1) is 11.3 Å². The van der Waals surface area contributed by atoms with Crippen LogP contribution in [0.15, 0.2) is 42.5 Å². The monoisotopic (exact) mass is 299 g/mol. The van der Waals surface area contributed by atoms with Gasteiger partial charge in [0.2, 0.25) is 0 Å². The molecule has 0 aliphatic heterocycles. The third kappa shape index (κ3) is 3.36. The van der Waals surface area contributed by atoms with E-state index in [1.807, 2.05) is 30.3 Å². The van der Waals surface area contributed by atoms with E-state index in [1.165, 1.54) is 0 Å². The van der Waals surface area contributed by atoms with Crippen LogP contribution in [0.4, 0.5) is 0 Å². The number of nitrogens with zero attached hydrogens (tertiary/aromatic N) is 1. The number of para-hydroxylation sites is 1. The van der Waals surface area contributed by atoms with Gasteiger partial charge in [-0.1, -0.05) is 35.9 Å². The first kappa shape index (κ1) is 15.0. The largest absolute Gasteiger partial charge is 0.493 e. The molecule has 0 atom stereocenters. The Hall–Kier alpha value is -2.44. The number of allylic oxidation sites excluding steroid dienone is 1. The van der Waals surface area contributed by atoms with E-state index in [1.54, 1.807) is 32.4 Å². The van der Waals surface area contributed by atoms with Gasteiger partial charge in [-0.05, 0) is 29.8 Å². The maximum atomic E-state index is 9.38. The Labute approximate surface area is 129 Å². The first-order valence-corrected chi connectivity index (χ1v) is 6.66. The summed E-state index contributed by atoms with van der Waals surface area (Å²) in [6, 6.07) is 14.9. The highest BCUT2D eigenvalue weighted by Crippen LogP contribution is 2.33. The van der Waals surface area contributed by atoms with Crippen molar-refractivity contribution in [1.82, 2.24) is 0 Å². The van der Waals surface area contributed by atoms with Gasteiger partial charge in [0.05, 0.1) is 25.9 Å². The van der Waals surface area contributed by atoms with Crippen molar-refractivity contribution in [3.8, 4) is 17.6 Å². The van der Waals surface area contributed by atoms with Gasteiger partial charge in [-0.25, -0.2) is 0 Å². The molecule has 4 heteroatoms. The molecule has 2 aromatic rings. The van der Waals surface area contributed by atoms with Gasteiger partial charge in [-0.15, -0.1) is 0 Å². The summed E-state index contributed by atoms with van der Waals surface area (Å²) in [5, 5.41) is 10.0. The number of hydrogen-bond acceptors (Lipinski definition) is 3. The number of ether oxygens (including phenoxy) is 2. The predicted molar refractivity (Wildman–Crippen MR) is 84.5 cm³/mol. The normalized spacial score (nSPS) is 10.9. The minimum absolute atomic E-state index is 0.526. The summed E-state index contributed by atoms with van der Waals surface area (Å²) in [5.41, 5.74) is 2.10. The van der Waals surface area contributed by atoms with Crippen molar-refractivity contribution >= 4 is 23.3 Å². The maximum absolute atomic E-state index is 9.38. The number of methoxy groups -OCH3 is 2. The summed E-state index contributed by atoms with van der Waals surface area (Å²) in [7, 11) is 3.15. The van der Waals surface area contributed by atoms with E-state index < -0.39 is 0 Å². The van der Waals surface area contributed by atoms with Gasteiger partial charge in [-0.3, -0.25) is 0 Å². The molecule has 0 saturated carbocycles. The van der Waals surface area contributed by atoms with E-state index in [-0.39, 0.29) is 0 Å². The first-order valence-electron chi connectivity index (χ1n) is 6.28. The maximum Gasteiger partial charge on any atom is 0.167 e. The van der Waals surface area contributed by atoms with Crippen LogP contribution in [0.3, 0.4) is 0 Å². The lowest BCUT2D eigenvalue weighted by Crippen LogP contribution is -1.93. The second-order valence-corrected chi connectivity index (χ2v) is 4.70. The van der Waals surface area contributed by atoms with Crippen molar-refractivity contribution in [1.29, 1.82) is 5.26 Å². The van der Waals surface area contributed by atoms with Crippen LogP contribution in [0.2, 0.25) is 5.02 Å². The minimum Gasteiger partial charge on any atom is -0.493 e. The second-order valence-electron chi connectivity index (χ2n) is 4.26. The minimum atomic E-state index is 0.526. The molecule has 0 aliphatic carbocycles. The van der Waals surface area contributed by atoms with Crippen LogP contribution in [0.25, 0.3) is 11.6 Å². The summed E-state index contributed by atoms with van der Waals surface area (Å²) in [6.45, 7) is 0. The van der Waals surface area contributed by atoms with E-state index in [9.17, 15) is 5.26 Å². The fourth-order valence-corrected chi connectivity index (χ4v) is 2.12. The van der Waals surface area contributed by atoms with Crippen LogP contribution in [0.1, 0.15) is 11.1 Å². The second kappa shape index (κ2) is 6.83. The van der Waals surface area contributed by atoms with Gasteiger partial charge in [0.1, 0.15) is 0 Å². The molecule has 0 N–H and O–H groups in total. The summed E-state index contributed by atoms with van der Waals surface area (Å²) in [6.07, 6.45) is 1.77. The number of halogens is 1. The summed E-state index contributed by atoms with van der Waals surface area (Å²) >= 11 is 5.87. The highest BCUT2D eigenvalue weighted by molar-refractivity contribution is 6.30. The molecule has 0 aliphatic rings. The topological polar surface area (TPSA) is 42.2 Å². The molecule has 0 aromatic heterocycles. The lowest BCUT2D eigenvalue weighted by molar-refractivity contribution is 0.354. The van der Waals surface area contributed by atoms with Gasteiger partial charge < -0.3 is 9.47 Å². The third-order valence-corrected chi connectivity index (χ3v) is 3.26. The Morgan fingerprint density at radius 1 is 1.10 bits per heavy atom. The Balaban J connectivity index is 2.50. The lowest BCUT2D eigenvalue weighted by Gasteiger charge is -2.10. The first-order chi connectivity index (χ1) is 10.2. The summed E-state index contributed by atoms with van der Waals surface area (Å²) < 4.78 is 10.6. The quantitative estimate of drug-likeness (QED) is 0.620. The molecule has 0 saturated heterocycles. The Morgan fingerprint density at radius 3 is 2.38 bits per heavy atom. The fourth-order valence-electron chi connectivity index (χ4n) is 1.99. The van der Waals surface area contributed by atoms with Crippen molar-refractivity contribution in [3.63, 3.8) is 0 Å². The van der Waals surface area contributed by atoms with Crippen LogP contribution in [0.5, 0.6) is 11.5 Å². The van der Waals surface area contributed by atoms with E-state index in [2.05, 4.69) is 6.07 Å². The zero-order chi connectivity index (χ0) is 15.2. The Bertz CT molecular complexity index is 700. The van der Waals surface area contributed by atoms with E-state index in [4.69, 9.17) is 21.1 Å². The molecule has 2 aromatic carbocycles. The van der Waals surface area contributed by atoms with Crippen molar-refractivity contribution in [2.45, 2.75) is 0 Å². The fraction of sp³-hybridized carbons (Fsp3) is 0.118. The summed E-state index contributed by atoms with van der Waals surface area (Å²) in [4.78, 5) is 0. The number of rotatable bonds is 4. The molecule has 0 bridgehead atoms. The molecule has 0 radical (unpaired) electrons. The molecule has 0 amide bonds. The van der Waals surface area contributed by atoms with Crippen LogP contribution >= 0.6 is 11.6 Å². The van der Waals surface area contributed by atoms with Gasteiger partial charge in [0.15, 0.2) is 11.5 Å². The Morgan fingerprint density at radius 2 is 1.81 bits per heavy atom. The zero-order valence-electron chi connectivity index (χ0n) is 11.8. The van der Waals surface area contributed by atoms with Crippen LogP contribution < -0.4 is 9.47 Å². The molecule has 3 nitrogen and oxygen atoms in total. The van der Waals surface area contributed by atoms with Crippen LogP contribution in [-0.2, 0) is 0 Å².